The molecule has 0 unspecified atom stereocenters. The first-order valence-electron chi connectivity index (χ1n) is 4.90. The van der Waals surface area contributed by atoms with Crippen LogP contribution in [-0.2, 0) is 0 Å². The van der Waals surface area contributed by atoms with Gasteiger partial charge in [0.05, 0.1) is 20.8 Å². The van der Waals surface area contributed by atoms with E-state index in [0.29, 0.717) is 0 Å². The number of piperazine rings is 1. The lowest BCUT2D eigenvalue weighted by atomic mass is 10.0. The zero-order valence-electron chi connectivity index (χ0n) is 9.20. The average Bonchev–Trinajstić information content (AvgIpc) is 2.08. The largest absolute Gasteiger partial charge is 0.324 e. The van der Waals surface area contributed by atoms with Gasteiger partial charge in [0.25, 0.3) is 0 Å². The molecule has 1 aliphatic rings. The van der Waals surface area contributed by atoms with Gasteiger partial charge in [0.2, 0.25) is 0 Å². The summed E-state index contributed by atoms with van der Waals surface area (Å²) < 4.78 is 5.29. The summed E-state index contributed by atoms with van der Waals surface area (Å²) in [6, 6.07) is 3.06. The topological polar surface area (TPSA) is 6.48 Å². The Morgan fingerprint density at radius 3 is 1.00 bits per heavy atom. The highest BCUT2D eigenvalue weighted by Crippen LogP contribution is 2.22. The summed E-state index contributed by atoms with van der Waals surface area (Å²) in [5.74, 6) is 0. The maximum Gasteiger partial charge on any atom is 0.0792 e. The van der Waals surface area contributed by atoms with Crippen LogP contribution in [0.5, 0.6) is 0 Å². The minimum absolute atomic E-state index is 0.764. The van der Waals surface area contributed by atoms with Gasteiger partial charge in [-0.2, -0.15) is 0 Å². The van der Waals surface area contributed by atoms with E-state index in [1.165, 1.54) is 20.8 Å². The van der Waals surface area contributed by atoms with Gasteiger partial charge >= 0.3 is 0 Å². The first-order chi connectivity index (χ1) is 5.46. The van der Waals surface area contributed by atoms with Crippen LogP contribution in [0, 0.1) is 0 Å². The summed E-state index contributed by atoms with van der Waals surface area (Å²) in [5, 5.41) is 0. The minimum Gasteiger partial charge on any atom is -0.324 e. The molecule has 12 heavy (non-hydrogen) atoms. The molecule has 0 radical (unpaired) electrons. The number of hydrogen-bond acceptors (Lipinski definition) is 2. The lowest BCUT2D eigenvalue weighted by molar-refractivity contribution is 0.0686. The molecule has 0 aromatic heterocycles. The van der Waals surface area contributed by atoms with Gasteiger partial charge in [-0.15, -0.1) is 0 Å². The SMILES string of the molecule is C[C@@H]1[C@H](C)N([SiH3])[C@@H](C)[C@@H](C)N1[SiH3]. The molecular weight excluding hydrogens is 180 g/mol. The average molecular weight is 202 g/mol. The van der Waals surface area contributed by atoms with Crippen molar-refractivity contribution in [2.24, 2.45) is 0 Å². The van der Waals surface area contributed by atoms with E-state index in [4.69, 9.17) is 0 Å². The normalized spacial score (nSPS) is 47.0. The van der Waals surface area contributed by atoms with Crippen molar-refractivity contribution in [2.75, 3.05) is 0 Å². The third-order valence-electron chi connectivity index (χ3n) is 3.97. The van der Waals surface area contributed by atoms with Crippen molar-refractivity contribution in [1.29, 1.82) is 0 Å². The highest BCUT2D eigenvalue weighted by molar-refractivity contribution is 6.07. The van der Waals surface area contributed by atoms with Gasteiger partial charge in [-0.05, 0) is 27.7 Å². The molecule has 0 amide bonds. The Labute approximate surface area is 82.3 Å². The number of nitrogens with zero attached hydrogens (tertiary/aromatic N) is 2. The highest BCUT2D eigenvalue weighted by atomic mass is 28.2. The quantitative estimate of drug-likeness (QED) is 0.452. The number of rotatable bonds is 0. The summed E-state index contributed by atoms with van der Waals surface area (Å²) in [7, 11) is 2.42. The van der Waals surface area contributed by atoms with Crippen molar-refractivity contribution in [1.82, 2.24) is 9.13 Å². The molecule has 4 atom stereocenters. The highest BCUT2D eigenvalue weighted by Gasteiger charge is 2.34. The molecule has 4 heteroatoms. The van der Waals surface area contributed by atoms with Gasteiger partial charge in [-0.3, -0.25) is 0 Å². The molecule has 1 saturated heterocycles. The van der Waals surface area contributed by atoms with Crippen LogP contribution >= 0.6 is 0 Å². The van der Waals surface area contributed by atoms with E-state index in [2.05, 4.69) is 36.8 Å². The van der Waals surface area contributed by atoms with Crippen molar-refractivity contribution in [2.45, 2.75) is 51.9 Å². The summed E-state index contributed by atoms with van der Waals surface area (Å²) in [6.45, 7) is 9.46. The molecule has 1 fully saturated rings. The van der Waals surface area contributed by atoms with Crippen LogP contribution in [0.1, 0.15) is 27.7 Å². The molecule has 72 valence electrons. The molecule has 0 bridgehead atoms. The van der Waals surface area contributed by atoms with Crippen LogP contribution in [0.3, 0.4) is 0 Å². The maximum absolute atomic E-state index is 2.64. The van der Waals surface area contributed by atoms with Crippen molar-refractivity contribution in [3.8, 4) is 0 Å². The van der Waals surface area contributed by atoms with Crippen molar-refractivity contribution < 1.29 is 0 Å². The zero-order valence-corrected chi connectivity index (χ0v) is 13.2. The zero-order chi connectivity index (χ0) is 9.46. The Hall–Kier alpha value is 0.354. The van der Waals surface area contributed by atoms with E-state index in [0.717, 1.165) is 24.2 Å². The van der Waals surface area contributed by atoms with Gasteiger partial charge in [0.15, 0.2) is 0 Å². The minimum atomic E-state index is 0.764. The molecule has 0 aliphatic carbocycles. The van der Waals surface area contributed by atoms with Crippen LogP contribution in [0.4, 0.5) is 0 Å². The van der Waals surface area contributed by atoms with Crippen LogP contribution in [0.15, 0.2) is 0 Å². The molecule has 0 saturated carbocycles. The third kappa shape index (κ3) is 1.53. The van der Waals surface area contributed by atoms with Crippen LogP contribution < -0.4 is 0 Å². The Balaban J connectivity index is 2.76. The Morgan fingerprint density at radius 2 is 0.833 bits per heavy atom. The first kappa shape index (κ1) is 10.4. The van der Waals surface area contributed by atoms with Crippen LogP contribution in [0.2, 0.25) is 0 Å². The smallest absolute Gasteiger partial charge is 0.0792 e. The number of hydrogen-bond donors (Lipinski definition) is 0. The van der Waals surface area contributed by atoms with Gasteiger partial charge in [-0.1, -0.05) is 0 Å². The van der Waals surface area contributed by atoms with Gasteiger partial charge < -0.3 is 9.13 Å². The predicted molar refractivity (Wildman–Crippen MR) is 61.4 cm³/mol. The first-order valence-corrected chi connectivity index (χ1v) is 6.69. The van der Waals surface area contributed by atoms with E-state index < -0.39 is 0 Å². The summed E-state index contributed by atoms with van der Waals surface area (Å²) in [6.07, 6.45) is 0. The summed E-state index contributed by atoms with van der Waals surface area (Å²) >= 11 is 0. The van der Waals surface area contributed by atoms with Crippen molar-refractivity contribution in [3.63, 3.8) is 0 Å². The fourth-order valence-electron chi connectivity index (χ4n) is 2.10. The fraction of sp³-hybridized carbons (Fsp3) is 1.00. The van der Waals surface area contributed by atoms with Crippen molar-refractivity contribution in [3.05, 3.63) is 0 Å². The Kier molecular flexibility index (Phi) is 3.14. The van der Waals surface area contributed by atoms with E-state index in [1.807, 2.05) is 0 Å². The molecule has 2 nitrogen and oxygen atoms in total. The lowest BCUT2D eigenvalue weighted by Crippen LogP contribution is -2.63. The monoisotopic (exact) mass is 202 g/mol. The van der Waals surface area contributed by atoms with Gasteiger partial charge in [0.1, 0.15) is 0 Å². The maximum atomic E-state index is 2.64. The molecular formula is C8H22N2Si2. The Bertz CT molecular complexity index is 107. The molecule has 0 aromatic rings. The molecule has 1 aliphatic heterocycles. The molecule has 1 heterocycles. The van der Waals surface area contributed by atoms with Gasteiger partial charge in [-0.25, -0.2) is 0 Å². The van der Waals surface area contributed by atoms with E-state index in [9.17, 15) is 0 Å². The molecule has 0 aromatic carbocycles. The van der Waals surface area contributed by atoms with E-state index in [1.54, 1.807) is 0 Å². The summed E-state index contributed by atoms with van der Waals surface area (Å²) in [5.41, 5.74) is 0. The second kappa shape index (κ2) is 3.61. The van der Waals surface area contributed by atoms with Crippen LogP contribution in [0.25, 0.3) is 0 Å². The fourth-order valence-corrected chi connectivity index (χ4v) is 3.83. The van der Waals surface area contributed by atoms with Crippen LogP contribution in [-0.4, -0.2) is 54.1 Å². The second-order valence-electron chi connectivity index (χ2n) is 4.29. The molecule has 0 N–H and O–H groups in total. The van der Waals surface area contributed by atoms with Gasteiger partial charge in [0, 0.05) is 24.2 Å². The lowest BCUT2D eigenvalue weighted by Gasteiger charge is -2.51. The summed E-state index contributed by atoms with van der Waals surface area (Å²) in [4.78, 5) is 0. The predicted octanol–water partition coefficient (Wildman–Crippen LogP) is -1.28. The van der Waals surface area contributed by atoms with E-state index in [-0.39, 0.29) is 0 Å². The second-order valence-corrected chi connectivity index (χ2v) is 6.36. The Morgan fingerprint density at radius 1 is 0.667 bits per heavy atom. The third-order valence-corrected chi connectivity index (χ3v) is 7.22. The van der Waals surface area contributed by atoms with E-state index >= 15 is 0 Å². The molecule has 0 spiro atoms. The molecule has 1 rings (SSSR count). The van der Waals surface area contributed by atoms with Crippen molar-refractivity contribution >= 4 is 20.8 Å². The standard InChI is InChI=1S/C8H22N2Si2/c1-5-6(2)10(12)8(4)7(3)9(5)11/h5-8H,1-4,11-12H3/t5-,6+,7-,8+.